The van der Waals surface area contributed by atoms with Crippen molar-refractivity contribution in [2.75, 3.05) is 5.32 Å². The molecule has 3 aromatic carbocycles. The van der Waals surface area contributed by atoms with E-state index in [4.69, 9.17) is 0 Å². The zero-order chi connectivity index (χ0) is 23.2. The zero-order valence-electron chi connectivity index (χ0n) is 18.2. The molecule has 0 spiro atoms. The van der Waals surface area contributed by atoms with Crippen molar-refractivity contribution in [1.82, 2.24) is 9.97 Å². The highest BCUT2D eigenvalue weighted by Crippen LogP contribution is 2.32. The number of thioether (sulfide) groups is 1. The number of halogens is 1. The summed E-state index contributed by atoms with van der Waals surface area (Å²) in [6, 6.07) is 22.3. The molecule has 4 rings (SSSR count). The molecular formula is C26H22FN3OS2. The molecule has 33 heavy (non-hydrogen) atoms. The number of nitrogens with zero attached hydrogens (tertiary/aromatic N) is 2. The van der Waals surface area contributed by atoms with Gasteiger partial charge in [0.25, 0.3) is 5.91 Å². The number of carbonyl (C=O) groups is 1. The first-order valence-corrected chi connectivity index (χ1v) is 12.1. The molecular weight excluding hydrogens is 453 g/mol. The van der Waals surface area contributed by atoms with Crippen LogP contribution in [0.5, 0.6) is 0 Å². The lowest BCUT2D eigenvalue weighted by Crippen LogP contribution is -2.16. The van der Waals surface area contributed by atoms with Gasteiger partial charge in [0, 0.05) is 22.5 Å². The summed E-state index contributed by atoms with van der Waals surface area (Å²) < 4.78 is 14.0. The number of para-hydroxylation sites is 1. The third-order valence-electron chi connectivity index (χ3n) is 4.90. The molecule has 1 heterocycles. The number of benzene rings is 3. The molecule has 0 aliphatic heterocycles. The Kier molecular flexibility index (Phi) is 7.42. The van der Waals surface area contributed by atoms with Gasteiger partial charge >= 0.3 is 0 Å². The molecule has 4 aromatic rings. The van der Waals surface area contributed by atoms with E-state index >= 15 is 0 Å². The maximum absolute atomic E-state index is 14.0. The number of hydrogen-bond acceptors (Lipinski definition) is 5. The molecule has 4 nitrogen and oxygen atoms in total. The molecule has 0 fully saturated rings. The van der Waals surface area contributed by atoms with Gasteiger partial charge in [0.2, 0.25) is 0 Å². The Morgan fingerprint density at radius 1 is 0.970 bits per heavy atom. The Balaban J connectivity index is 1.62. The van der Waals surface area contributed by atoms with Crippen molar-refractivity contribution in [3.05, 3.63) is 107 Å². The summed E-state index contributed by atoms with van der Waals surface area (Å²) in [5.41, 5.74) is 3.70. The van der Waals surface area contributed by atoms with Gasteiger partial charge in [0.05, 0.1) is 4.90 Å². The van der Waals surface area contributed by atoms with Crippen LogP contribution < -0.4 is 5.32 Å². The Bertz CT molecular complexity index is 1280. The normalized spacial score (nSPS) is 10.8. The number of nitrogens with one attached hydrogen (secondary N) is 1. The molecule has 0 aliphatic carbocycles. The zero-order valence-corrected chi connectivity index (χ0v) is 19.8. The third-order valence-corrected chi connectivity index (χ3v) is 6.84. The number of aryl methyl sites for hydroxylation is 2. The molecule has 0 saturated heterocycles. The van der Waals surface area contributed by atoms with E-state index in [0.29, 0.717) is 21.4 Å². The molecule has 0 unspecified atom stereocenters. The Labute approximate surface area is 201 Å². The number of anilines is 1. The van der Waals surface area contributed by atoms with E-state index in [1.54, 1.807) is 24.4 Å². The van der Waals surface area contributed by atoms with Crippen LogP contribution in [0.2, 0.25) is 0 Å². The SMILES string of the molecule is Cc1ccc(Sc2cnc(SCc3ccccc3F)nc2C(=O)Nc2ccccc2C)cc1. The molecule has 166 valence electrons. The van der Waals surface area contributed by atoms with Crippen molar-refractivity contribution in [2.45, 2.75) is 34.5 Å². The highest BCUT2D eigenvalue weighted by Gasteiger charge is 2.18. The van der Waals surface area contributed by atoms with Crippen LogP contribution >= 0.6 is 23.5 Å². The third kappa shape index (κ3) is 6.00. The maximum Gasteiger partial charge on any atom is 0.275 e. The van der Waals surface area contributed by atoms with Crippen molar-refractivity contribution in [2.24, 2.45) is 0 Å². The number of aromatic nitrogens is 2. The van der Waals surface area contributed by atoms with Crippen LogP contribution in [0, 0.1) is 19.7 Å². The van der Waals surface area contributed by atoms with Crippen molar-refractivity contribution < 1.29 is 9.18 Å². The number of amides is 1. The summed E-state index contributed by atoms with van der Waals surface area (Å²) in [4.78, 5) is 23.9. The van der Waals surface area contributed by atoms with Gasteiger partial charge < -0.3 is 5.32 Å². The summed E-state index contributed by atoms with van der Waals surface area (Å²) >= 11 is 2.73. The number of rotatable bonds is 7. The van der Waals surface area contributed by atoms with Gasteiger partial charge in [0.1, 0.15) is 11.5 Å². The molecule has 7 heteroatoms. The fraction of sp³-hybridized carbons (Fsp3) is 0.115. The van der Waals surface area contributed by atoms with Crippen molar-refractivity contribution in [3.63, 3.8) is 0 Å². The first-order chi connectivity index (χ1) is 16.0. The summed E-state index contributed by atoms with van der Waals surface area (Å²) in [7, 11) is 0. The molecule has 0 atom stereocenters. The molecule has 0 aliphatic rings. The van der Waals surface area contributed by atoms with E-state index < -0.39 is 0 Å². The van der Waals surface area contributed by atoms with Gasteiger partial charge in [-0.25, -0.2) is 14.4 Å². The summed E-state index contributed by atoms with van der Waals surface area (Å²) in [5, 5.41) is 3.38. The standard InChI is InChI=1S/C26H22FN3OS2/c1-17-11-13-20(14-12-17)33-23-15-28-26(32-16-19-8-4-5-9-21(19)27)30-24(23)25(31)29-22-10-6-3-7-18(22)2/h3-15H,16H2,1-2H3,(H,29,31). The highest BCUT2D eigenvalue weighted by atomic mass is 32.2. The number of hydrogen-bond donors (Lipinski definition) is 1. The monoisotopic (exact) mass is 475 g/mol. The van der Waals surface area contributed by atoms with Crippen LogP contribution in [0.3, 0.4) is 0 Å². The van der Waals surface area contributed by atoms with E-state index in [0.717, 1.165) is 21.7 Å². The van der Waals surface area contributed by atoms with Crippen LogP contribution in [0.1, 0.15) is 27.2 Å². The molecule has 0 radical (unpaired) electrons. The molecule has 1 amide bonds. The second kappa shape index (κ2) is 10.6. The van der Waals surface area contributed by atoms with Gasteiger partial charge in [-0.3, -0.25) is 4.79 Å². The lowest BCUT2D eigenvalue weighted by molar-refractivity contribution is 0.101. The number of carbonyl (C=O) groups excluding carboxylic acids is 1. The van der Waals surface area contributed by atoms with Crippen LogP contribution in [0.4, 0.5) is 10.1 Å². The quantitative estimate of drug-likeness (QED) is 0.232. The topological polar surface area (TPSA) is 54.9 Å². The summed E-state index contributed by atoms with van der Waals surface area (Å²) in [6.45, 7) is 3.97. The fourth-order valence-corrected chi connectivity index (χ4v) is 4.72. The highest BCUT2D eigenvalue weighted by molar-refractivity contribution is 7.99. The molecule has 1 aromatic heterocycles. The predicted molar refractivity (Wildman–Crippen MR) is 132 cm³/mol. The Morgan fingerprint density at radius 3 is 2.45 bits per heavy atom. The summed E-state index contributed by atoms with van der Waals surface area (Å²) in [5.74, 6) is -0.209. The van der Waals surface area contributed by atoms with E-state index in [1.807, 2.05) is 62.4 Å². The van der Waals surface area contributed by atoms with Gasteiger partial charge in [-0.1, -0.05) is 77.6 Å². The second-order valence-electron chi connectivity index (χ2n) is 7.43. The van der Waals surface area contributed by atoms with Gasteiger partial charge in [-0.15, -0.1) is 0 Å². The van der Waals surface area contributed by atoms with E-state index in [9.17, 15) is 9.18 Å². The largest absolute Gasteiger partial charge is 0.320 e. The van der Waals surface area contributed by atoms with Crippen molar-refractivity contribution >= 4 is 35.1 Å². The minimum atomic E-state index is -0.311. The predicted octanol–water partition coefficient (Wildman–Crippen LogP) is 6.93. The summed E-state index contributed by atoms with van der Waals surface area (Å²) in [6.07, 6.45) is 1.66. The van der Waals surface area contributed by atoms with E-state index in [2.05, 4.69) is 15.3 Å². The maximum atomic E-state index is 14.0. The van der Waals surface area contributed by atoms with E-state index in [-0.39, 0.29) is 17.4 Å². The molecule has 1 N–H and O–H groups in total. The van der Waals surface area contributed by atoms with Gasteiger partial charge in [-0.2, -0.15) is 0 Å². The van der Waals surface area contributed by atoms with Crippen LogP contribution in [0.25, 0.3) is 0 Å². The first-order valence-electron chi connectivity index (χ1n) is 10.3. The van der Waals surface area contributed by atoms with Crippen molar-refractivity contribution in [3.8, 4) is 0 Å². The average molecular weight is 476 g/mol. The fourth-order valence-electron chi connectivity index (χ4n) is 3.05. The average Bonchev–Trinajstić information content (AvgIpc) is 2.82. The molecule has 0 saturated carbocycles. The molecule has 0 bridgehead atoms. The lowest BCUT2D eigenvalue weighted by atomic mass is 10.2. The second-order valence-corrected chi connectivity index (χ2v) is 9.49. The minimum Gasteiger partial charge on any atom is -0.320 e. The van der Waals surface area contributed by atoms with E-state index in [1.165, 1.54) is 29.6 Å². The van der Waals surface area contributed by atoms with Crippen LogP contribution in [-0.4, -0.2) is 15.9 Å². The van der Waals surface area contributed by atoms with Gasteiger partial charge in [-0.05, 0) is 49.2 Å². The minimum absolute atomic E-state index is 0.269. The Hall–Kier alpha value is -3.16. The Morgan fingerprint density at radius 2 is 1.70 bits per heavy atom. The van der Waals surface area contributed by atoms with Gasteiger partial charge in [0.15, 0.2) is 5.16 Å². The van der Waals surface area contributed by atoms with Crippen molar-refractivity contribution in [1.29, 1.82) is 0 Å². The lowest BCUT2D eigenvalue weighted by Gasteiger charge is -2.12. The first kappa shape index (κ1) is 23.0. The smallest absolute Gasteiger partial charge is 0.275 e. The van der Waals surface area contributed by atoms with Crippen LogP contribution in [0.15, 0.2) is 93.9 Å². The van der Waals surface area contributed by atoms with Crippen LogP contribution in [-0.2, 0) is 5.75 Å².